The van der Waals surface area contributed by atoms with Crippen LogP contribution in [-0.4, -0.2) is 7.05 Å². The molecule has 2 rings (SSSR count). The third kappa shape index (κ3) is 3.22. The lowest BCUT2D eigenvalue weighted by atomic mass is 9.98. The largest absolute Gasteiger partial charge is 0.309 e. The molecule has 1 nitrogen and oxygen atoms in total. The summed E-state index contributed by atoms with van der Waals surface area (Å²) >= 11 is 6.60. The first-order chi connectivity index (χ1) is 9.02. The van der Waals surface area contributed by atoms with Crippen LogP contribution in [-0.2, 0) is 0 Å². The zero-order chi connectivity index (χ0) is 14.0. The van der Waals surface area contributed by atoms with Gasteiger partial charge in [-0.3, -0.25) is 0 Å². The van der Waals surface area contributed by atoms with Crippen molar-refractivity contribution in [3.8, 4) is 0 Å². The Bertz CT molecular complexity index is 550. The van der Waals surface area contributed by atoms with E-state index in [9.17, 15) is 8.78 Å². The minimum absolute atomic E-state index is 0.373. The van der Waals surface area contributed by atoms with Crippen molar-refractivity contribution in [2.75, 3.05) is 7.05 Å². The van der Waals surface area contributed by atoms with Gasteiger partial charge in [-0.25, -0.2) is 8.78 Å². The van der Waals surface area contributed by atoms with Gasteiger partial charge in [0, 0.05) is 20.1 Å². The molecule has 0 amide bonds. The van der Waals surface area contributed by atoms with E-state index < -0.39 is 6.04 Å². The van der Waals surface area contributed by atoms with Crippen molar-refractivity contribution in [2.24, 2.45) is 0 Å². The first-order valence-corrected chi connectivity index (χ1v) is 7.18. The monoisotopic (exact) mass is 389 g/mol. The summed E-state index contributed by atoms with van der Waals surface area (Å²) in [6.07, 6.45) is 0. The van der Waals surface area contributed by atoms with Gasteiger partial charge in [0.05, 0.1) is 6.04 Å². The molecule has 0 atom stereocenters. The van der Waals surface area contributed by atoms with Crippen LogP contribution in [0.5, 0.6) is 0 Å². The summed E-state index contributed by atoms with van der Waals surface area (Å²) in [6, 6.07) is 8.70. The summed E-state index contributed by atoms with van der Waals surface area (Å²) < 4.78 is 29.4. The van der Waals surface area contributed by atoms with Gasteiger partial charge in [0.15, 0.2) is 0 Å². The number of nitrogens with one attached hydrogen (secondary N) is 1. The fraction of sp³-hybridized carbons (Fsp3) is 0.143. The Morgan fingerprint density at radius 3 is 1.68 bits per heavy atom. The molecule has 0 saturated heterocycles. The minimum Gasteiger partial charge on any atom is -0.309 e. The fourth-order valence-electron chi connectivity index (χ4n) is 1.95. The maximum Gasteiger partial charge on any atom is 0.128 e. The van der Waals surface area contributed by atoms with E-state index in [0.29, 0.717) is 11.1 Å². The lowest BCUT2D eigenvalue weighted by molar-refractivity contribution is 0.546. The quantitative estimate of drug-likeness (QED) is 0.793. The van der Waals surface area contributed by atoms with E-state index in [1.807, 2.05) is 0 Å². The van der Waals surface area contributed by atoms with Gasteiger partial charge in [-0.15, -0.1) is 0 Å². The number of halogens is 4. The van der Waals surface area contributed by atoms with E-state index in [-0.39, 0.29) is 11.6 Å². The van der Waals surface area contributed by atoms with Crippen molar-refractivity contribution in [3.05, 3.63) is 68.1 Å². The molecule has 2 aromatic carbocycles. The van der Waals surface area contributed by atoms with Crippen LogP contribution in [0.1, 0.15) is 17.2 Å². The third-order valence-electron chi connectivity index (χ3n) is 2.83. The Morgan fingerprint density at radius 1 is 0.895 bits per heavy atom. The Hall–Kier alpha value is -0.780. The van der Waals surface area contributed by atoms with Crippen LogP contribution in [0.3, 0.4) is 0 Å². The topological polar surface area (TPSA) is 12.0 Å². The molecule has 100 valence electrons. The van der Waals surface area contributed by atoms with Gasteiger partial charge in [0.25, 0.3) is 0 Å². The molecule has 19 heavy (non-hydrogen) atoms. The van der Waals surface area contributed by atoms with E-state index in [1.165, 1.54) is 12.1 Å². The van der Waals surface area contributed by atoms with Gasteiger partial charge >= 0.3 is 0 Å². The van der Waals surface area contributed by atoms with Crippen molar-refractivity contribution in [2.45, 2.75) is 6.04 Å². The van der Waals surface area contributed by atoms with Crippen LogP contribution in [0.25, 0.3) is 0 Å². The molecule has 0 spiro atoms. The molecule has 0 radical (unpaired) electrons. The smallest absolute Gasteiger partial charge is 0.128 e. The summed E-state index contributed by atoms with van der Waals surface area (Å²) in [5, 5.41) is 2.95. The average molecular weight is 391 g/mol. The standard InChI is InChI=1S/C14H11Br2F2N/c1-19-14(10-6-8(15)2-4-12(10)17)11-7-9(16)3-5-13(11)18/h2-7,14,19H,1H3. The molecule has 5 heteroatoms. The summed E-state index contributed by atoms with van der Waals surface area (Å²) in [4.78, 5) is 0. The first kappa shape index (κ1) is 14.6. The number of hydrogen-bond acceptors (Lipinski definition) is 1. The Morgan fingerprint density at radius 2 is 1.32 bits per heavy atom. The maximum absolute atomic E-state index is 13.9. The van der Waals surface area contributed by atoms with Crippen LogP contribution in [0, 0.1) is 11.6 Å². The average Bonchev–Trinajstić information content (AvgIpc) is 2.38. The number of rotatable bonds is 3. The predicted molar refractivity (Wildman–Crippen MR) is 79.1 cm³/mol. The van der Waals surface area contributed by atoms with Gasteiger partial charge < -0.3 is 5.32 Å². The lowest BCUT2D eigenvalue weighted by Gasteiger charge is -2.19. The second-order valence-electron chi connectivity index (χ2n) is 4.05. The van der Waals surface area contributed by atoms with Crippen molar-refractivity contribution in [1.82, 2.24) is 5.32 Å². The molecular formula is C14H11Br2F2N. The van der Waals surface area contributed by atoms with Crippen molar-refractivity contribution >= 4 is 31.9 Å². The Kier molecular flexibility index (Phi) is 4.71. The summed E-state index contributed by atoms with van der Waals surface area (Å²) in [6.45, 7) is 0. The molecule has 0 unspecified atom stereocenters. The highest BCUT2D eigenvalue weighted by atomic mass is 79.9. The summed E-state index contributed by atoms with van der Waals surface area (Å²) in [5.74, 6) is -0.746. The SMILES string of the molecule is CNC(c1cc(Br)ccc1F)c1cc(Br)ccc1F. The normalized spacial score (nSPS) is 11.1. The zero-order valence-corrected chi connectivity index (χ0v) is 13.2. The third-order valence-corrected chi connectivity index (χ3v) is 3.81. The van der Waals surface area contributed by atoms with Gasteiger partial charge in [-0.2, -0.15) is 0 Å². The molecule has 0 heterocycles. The van der Waals surface area contributed by atoms with Gasteiger partial charge in [0.2, 0.25) is 0 Å². The Balaban J connectivity index is 2.55. The van der Waals surface area contributed by atoms with Crippen LogP contribution in [0.15, 0.2) is 45.3 Å². The molecule has 0 saturated carbocycles. The van der Waals surface area contributed by atoms with Crippen molar-refractivity contribution in [3.63, 3.8) is 0 Å². The van der Waals surface area contributed by atoms with Gasteiger partial charge in [-0.1, -0.05) is 31.9 Å². The lowest BCUT2D eigenvalue weighted by Crippen LogP contribution is -2.20. The zero-order valence-electron chi connectivity index (χ0n) is 10.1. The minimum atomic E-state index is -0.546. The maximum atomic E-state index is 13.9. The summed E-state index contributed by atoms with van der Waals surface area (Å²) in [5.41, 5.74) is 0.794. The first-order valence-electron chi connectivity index (χ1n) is 5.60. The molecular weight excluding hydrogens is 380 g/mol. The van der Waals surface area contributed by atoms with Crippen LogP contribution in [0.2, 0.25) is 0 Å². The van der Waals surface area contributed by atoms with Gasteiger partial charge in [0.1, 0.15) is 11.6 Å². The number of benzene rings is 2. The molecule has 1 N–H and O–H groups in total. The Labute approximate surface area is 127 Å². The van der Waals surface area contributed by atoms with E-state index in [0.717, 1.165) is 8.95 Å². The number of hydrogen-bond donors (Lipinski definition) is 1. The van der Waals surface area contributed by atoms with E-state index in [4.69, 9.17) is 0 Å². The fourth-order valence-corrected chi connectivity index (χ4v) is 2.71. The molecule has 0 aromatic heterocycles. The van der Waals surface area contributed by atoms with Crippen LogP contribution < -0.4 is 5.32 Å². The molecule has 0 aliphatic heterocycles. The second-order valence-corrected chi connectivity index (χ2v) is 5.88. The highest BCUT2D eigenvalue weighted by Gasteiger charge is 2.20. The van der Waals surface area contributed by atoms with Crippen molar-refractivity contribution in [1.29, 1.82) is 0 Å². The van der Waals surface area contributed by atoms with Crippen molar-refractivity contribution < 1.29 is 8.78 Å². The molecule has 0 bridgehead atoms. The highest BCUT2D eigenvalue weighted by Crippen LogP contribution is 2.30. The predicted octanol–water partition coefficient (Wildman–Crippen LogP) is 4.80. The molecule has 0 fully saturated rings. The van der Waals surface area contributed by atoms with Gasteiger partial charge in [-0.05, 0) is 43.4 Å². The molecule has 2 aromatic rings. The molecule has 0 aliphatic rings. The van der Waals surface area contributed by atoms with E-state index in [1.54, 1.807) is 31.3 Å². The highest BCUT2D eigenvalue weighted by molar-refractivity contribution is 9.10. The van der Waals surface area contributed by atoms with Crippen LogP contribution in [0.4, 0.5) is 8.78 Å². The molecule has 0 aliphatic carbocycles. The van der Waals surface area contributed by atoms with E-state index in [2.05, 4.69) is 37.2 Å². The second kappa shape index (κ2) is 6.11. The van der Waals surface area contributed by atoms with Crippen LogP contribution >= 0.6 is 31.9 Å². The van der Waals surface area contributed by atoms with E-state index >= 15 is 0 Å². The summed E-state index contributed by atoms with van der Waals surface area (Å²) in [7, 11) is 1.67.